The van der Waals surface area contributed by atoms with Crippen molar-refractivity contribution >= 4 is 31.3 Å². The van der Waals surface area contributed by atoms with E-state index < -0.39 is 9.05 Å². The van der Waals surface area contributed by atoms with Crippen molar-refractivity contribution in [1.29, 1.82) is 0 Å². The Morgan fingerprint density at radius 2 is 2.15 bits per heavy atom. The van der Waals surface area contributed by atoms with Crippen molar-refractivity contribution in [2.75, 3.05) is 7.11 Å². The van der Waals surface area contributed by atoms with Crippen molar-refractivity contribution < 1.29 is 13.2 Å². The van der Waals surface area contributed by atoms with Gasteiger partial charge in [-0.3, -0.25) is 0 Å². The fourth-order valence-corrected chi connectivity index (χ4v) is 1.90. The average Bonchev–Trinajstić information content (AvgIpc) is 2.03. The predicted molar refractivity (Wildman–Crippen MR) is 48.8 cm³/mol. The van der Waals surface area contributed by atoms with Crippen LogP contribution in [0.4, 0.5) is 0 Å². The van der Waals surface area contributed by atoms with E-state index in [-0.39, 0.29) is 15.8 Å². The number of pyridine rings is 1. The summed E-state index contributed by atoms with van der Waals surface area (Å²) in [5.74, 6) is -0.0700. The highest BCUT2D eigenvalue weighted by Gasteiger charge is 2.18. The molecule has 72 valence electrons. The Morgan fingerprint density at radius 1 is 1.54 bits per heavy atom. The van der Waals surface area contributed by atoms with Crippen LogP contribution in [0, 0.1) is 0 Å². The molecule has 0 fully saturated rings. The zero-order chi connectivity index (χ0) is 10.1. The number of hydrogen-bond donors (Lipinski definition) is 0. The van der Waals surface area contributed by atoms with Gasteiger partial charge in [0.15, 0.2) is 0 Å². The smallest absolute Gasteiger partial charge is 0.266 e. The minimum Gasteiger partial charge on any atom is -0.480 e. The number of rotatable bonds is 2. The summed E-state index contributed by atoms with van der Waals surface area (Å²) in [6.45, 7) is 0. The van der Waals surface area contributed by atoms with Crippen molar-refractivity contribution in [3.05, 3.63) is 17.3 Å². The minimum atomic E-state index is -3.87. The molecule has 0 N–H and O–H groups in total. The van der Waals surface area contributed by atoms with E-state index in [0.29, 0.717) is 0 Å². The molecule has 0 atom stereocenters. The van der Waals surface area contributed by atoms with Gasteiger partial charge >= 0.3 is 0 Å². The zero-order valence-electron chi connectivity index (χ0n) is 6.49. The lowest BCUT2D eigenvalue weighted by Crippen LogP contribution is -1.98. The van der Waals surface area contributed by atoms with Crippen LogP contribution in [0.25, 0.3) is 0 Å². The van der Waals surface area contributed by atoms with E-state index in [2.05, 4.69) is 4.98 Å². The molecule has 0 aliphatic rings. The van der Waals surface area contributed by atoms with Crippen LogP contribution in [0.2, 0.25) is 5.02 Å². The SMILES string of the molecule is COc1ncc(Cl)cc1S(=O)(=O)Cl. The molecule has 4 nitrogen and oxygen atoms in total. The summed E-state index contributed by atoms with van der Waals surface area (Å²) in [5.41, 5.74) is 0. The van der Waals surface area contributed by atoms with Crippen molar-refractivity contribution in [3.63, 3.8) is 0 Å². The first-order valence-electron chi connectivity index (χ1n) is 3.09. The molecule has 0 unspecified atom stereocenters. The Labute approximate surface area is 84.9 Å². The highest BCUT2D eigenvalue weighted by atomic mass is 35.7. The molecule has 0 aliphatic heterocycles. The summed E-state index contributed by atoms with van der Waals surface area (Å²) in [5, 5.41) is 0.181. The third-order valence-electron chi connectivity index (χ3n) is 1.24. The van der Waals surface area contributed by atoms with E-state index in [0.717, 1.165) is 0 Å². The molecule has 0 amide bonds. The first-order chi connectivity index (χ1) is 5.95. The molecule has 0 saturated heterocycles. The molecule has 1 rings (SSSR count). The van der Waals surface area contributed by atoms with E-state index in [1.807, 2.05) is 0 Å². The van der Waals surface area contributed by atoms with Gasteiger partial charge in [0.25, 0.3) is 9.05 Å². The van der Waals surface area contributed by atoms with Crippen molar-refractivity contribution in [2.45, 2.75) is 4.90 Å². The molecule has 1 heterocycles. The van der Waals surface area contributed by atoms with Crippen molar-refractivity contribution in [2.24, 2.45) is 0 Å². The van der Waals surface area contributed by atoms with Crippen molar-refractivity contribution in [3.8, 4) is 5.88 Å². The first-order valence-corrected chi connectivity index (χ1v) is 5.78. The summed E-state index contributed by atoms with van der Waals surface area (Å²) >= 11 is 5.54. The van der Waals surface area contributed by atoms with Crippen LogP contribution in [0.5, 0.6) is 5.88 Å². The Bertz CT molecular complexity index is 418. The third kappa shape index (κ3) is 2.46. The van der Waals surface area contributed by atoms with Gasteiger partial charge in [-0.2, -0.15) is 0 Å². The lowest BCUT2D eigenvalue weighted by Gasteiger charge is -2.03. The molecule has 0 spiro atoms. The molecule has 7 heteroatoms. The van der Waals surface area contributed by atoms with Gasteiger partial charge in [-0.25, -0.2) is 13.4 Å². The normalized spacial score (nSPS) is 11.3. The Hall–Kier alpha value is -0.520. The van der Waals surface area contributed by atoms with E-state index in [1.54, 1.807) is 0 Å². The number of methoxy groups -OCH3 is 1. The van der Waals surface area contributed by atoms with Gasteiger partial charge in [0.1, 0.15) is 4.90 Å². The van der Waals surface area contributed by atoms with E-state index in [9.17, 15) is 8.42 Å². The summed E-state index contributed by atoms with van der Waals surface area (Å²) in [6, 6.07) is 1.18. The summed E-state index contributed by atoms with van der Waals surface area (Å²) in [4.78, 5) is 3.41. The summed E-state index contributed by atoms with van der Waals surface area (Å²) in [7, 11) is 2.53. The Balaban J connectivity index is 3.41. The monoisotopic (exact) mass is 241 g/mol. The average molecular weight is 242 g/mol. The van der Waals surface area contributed by atoms with Gasteiger partial charge in [-0.1, -0.05) is 11.6 Å². The standard InChI is InChI=1S/C6H5Cl2NO3S/c1-12-6-5(13(8,10)11)2-4(7)3-9-6/h2-3H,1H3. The predicted octanol–water partition coefficient (Wildman–Crippen LogP) is 1.67. The quantitative estimate of drug-likeness (QED) is 0.740. The lowest BCUT2D eigenvalue weighted by molar-refractivity contribution is 0.385. The molecule has 0 radical (unpaired) electrons. The van der Waals surface area contributed by atoms with Crippen LogP contribution in [-0.2, 0) is 9.05 Å². The van der Waals surface area contributed by atoms with Crippen LogP contribution in [0.15, 0.2) is 17.2 Å². The number of ether oxygens (including phenoxy) is 1. The fraction of sp³-hybridized carbons (Fsp3) is 0.167. The molecule has 0 aliphatic carbocycles. The summed E-state index contributed by atoms with van der Waals surface area (Å²) in [6.07, 6.45) is 1.27. The highest BCUT2D eigenvalue weighted by molar-refractivity contribution is 8.13. The van der Waals surface area contributed by atoms with Gasteiger partial charge in [0.2, 0.25) is 5.88 Å². The number of halogens is 2. The van der Waals surface area contributed by atoms with Crippen LogP contribution in [0.1, 0.15) is 0 Å². The van der Waals surface area contributed by atoms with Crippen LogP contribution >= 0.6 is 22.3 Å². The van der Waals surface area contributed by atoms with Crippen LogP contribution in [0.3, 0.4) is 0 Å². The summed E-state index contributed by atoms with van der Waals surface area (Å²) < 4.78 is 26.6. The molecule has 1 aromatic heterocycles. The second kappa shape index (κ2) is 3.69. The van der Waals surface area contributed by atoms with E-state index in [4.69, 9.17) is 27.0 Å². The molecule has 13 heavy (non-hydrogen) atoms. The van der Waals surface area contributed by atoms with Gasteiger partial charge < -0.3 is 4.74 Å². The number of nitrogens with zero attached hydrogens (tertiary/aromatic N) is 1. The van der Waals surface area contributed by atoms with Crippen molar-refractivity contribution in [1.82, 2.24) is 4.98 Å². The van der Waals surface area contributed by atoms with Crippen LogP contribution in [-0.4, -0.2) is 20.5 Å². The second-order valence-corrected chi connectivity index (χ2v) is 5.07. The maximum atomic E-state index is 11.0. The topological polar surface area (TPSA) is 56.3 Å². The highest BCUT2D eigenvalue weighted by Crippen LogP contribution is 2.26. The maximum absolute atomic E-state index is 11.0. The van der Waals surface area contributed by atoms with E-state index >= 15 is 0 Å². The Kier molecular flexibility index (Phi) is 3.00. The second-order valence-electron chi connectivity index (χ2n) is 2.10. The van der Waals surface area contributed by atoms with Gasteiger partial charge in [-0.15, -0.1) is 0 Å². The third-order valence-corrected chi connectivity index (χ3v) is 2.76. The van der Waals surface area contributed by atoms with Gasteiger partial charge in [0, 0.05) is 16.9 Å². The maximum Gasteiger partial charge on any atom is 0.266 e. The Morgan fingerprint density at radius 3 is 2.62 bits per heavy atom. The minimum absolute atomic E-state index is 0.0700. The van der Waals surface area contributed by atoms with E-state index in [1.165, 1.54) is 19.4 Å². The molecular weight excluding hydrogens is 237 g/mol. The first kappa shape index (κ1) is 10.6. The van der Waals surface area contributed by atoms with Gasteiger partial charge in [0.05, 0.1) is 12.1 Å². The van der Waals surface area contributed by atoms with Crippen LogP contribution < -0.4 is 4.74 Å². The molecule has 0 saturated carbocycles. The fourth-order valence-electron chi connectivity index (χ4n) is 0.736. The lowest BCUT2D eigenvalue weighted by atomic mass is 10.5. The zero-order valence-corrected chi connectivity index (χ0v) is 8.82. The largest absolute Gasteiger partial charge is 0.480 e. The number of aromatic nitrogens is 1. The molecular formula is C6H5Cl2NO3S. The molecule has 1 aromatic rings. The van der Waals surface area contributed by atoms with Gasteiger partial charge in [-0.05, 0) is 6.07 Å². The molecule has 0 aromatic carbocycles. The molecule has 0 bridgehead atoms. The number of hydrogen-bond acceptors (Lipinski definition) is 4.